The number of anilines is 1. The van der Waals surface area contributed by atoms with E-state index >= 15 is 0 Å². The molecule has 0 saturated heterocycles. The summed E-state index contributed by atoms with van der Waals surface area (Å²) in [6.07, 6.45) is 1.50. The van der Waals surface area contributed by atoms with Gasteiger partial charge in [-0.1, -0.05) is 36.6 Å². The quantitative estimate of drug-likeness (QED) is 0.506. The molecular weight excluding hydrogens is 455 g/mol. The van der Waals surface area contributed by atoms with Crippen molar-refractivity contribution < 1.29 is 22.5 Å². The molecule has 1 saturated carbocycles. The summed E-state index contributed by atoms with van der Waals surface area (Å²) in [5, 5.41) is 9.24. The smallest absolute Gasteiger partial charge is 0.350 e. The van der Waals surface area contributed by atoms with E-state index in [0.29, 0.717) is 24.6 Å². The van der Waals surface area contributed by atoms with Crippen LogP contribution in [0.25, 0.3) is 11.4 Å². The maximum Gasteiger partial charge on any atom is 0.471 e. The molecule has 0 bridgehead atoms. The predicted octanol–water partition coefficient (Wildman–Crippen LogP) is 5.13. The molecule has 1 amide bonds. The zero-order chi connectivity index (χ0) is 23.4. The SMILES string of the molecule is CN(CCNC(=O)c1cccc(-c2noc(C(F)(F)F)n2)c1)c1nc(C2CCCCC2)cs1. The zero-order valence-electron chi connectivity index (χ0n) is 18.1. The average Bonchev–Trinajstić information content (AvgIpc) is 3.50. The van der Waals surface area contributed by atoms with Crippen LogP contribution in [-0.4, -0.2) is 41.2 Å². The summed E-state index contributed by atoms with van der Waals surface area (Å²) in [4.78, 5) is 22.7. The van der Waals surface area contributed by atoms with Crippen molar-refractivity contribution in [3.63, 3.8) is 0 Å². The molecule has 7 nitrogen and oxygen atoms in total. The van der Waals surface area contributed by atoms with Gasteiger partial charge in [-0.2, -0.15) is 18.2 Å². The Kier molecular flexibility index (Phi) is 6.96. The Bertz CT molecular complexity index is 1090. The summed E-state index contributed by atoms with van der Waals surface area (Å²) in [5.74, 6) is -1.44. The highest BCUT2D eigenvalue weighted by Gasteiger charge is 2.38. The van der Waals surface area contributed by atoms with E-state index in [4.69, 9.17) is 4.98 Å². The van der Waals surface area contributed by atoms with Gasteiger partial charge in [0.15, 0.2) is 5.13 Å². The molecule has 33 heavy (non-hydrogen) atoms. The van der Waals surface area contributed by atoms with Crippen molar-refractivity contribution in [2.45, 2.75) is 44.2 Å². The summed E-state index contributed by atoms with van der Waals surface area (Å²) >= 11 is 1.61. The Morgan fingerprint density at radius 2 is 2.03 bits per heavy atom. The molecule has 1 fully saturated rings. The molecule has 11 heteroatoms. The van der Waals surface area contributed by atoms with Gasteiger partial charge in [-0.05, 0) is 25.0 Å². The fourth-order valence-corrected chi connectivity index (χ4v) is 4.73. The second kappa shape index (κ2) is 9.90. The van der Waals surface area contributed by atoms with E-state index in [1.54, 1.807) is 23.5 Å². The number of hydrogen-bond donors (Lipinski definition) is 1. The van der Waals surface area contributed by atoms with Gasteiger partial charge in [0.2, 0.25) is 5.82 Å². The second-order valence-corrected chi connectivity index (χ2v) is 8.91. The number of thiazole rings is 1. The number of amides is 1. The summed E-state index contributed by atoms with van der Waals surface area (Å²) in [6.45, 7) is 0.959. The van der Waals surface area contributed by atoms with Crippen molar-refractivity contribution in [1.29, 1.82) is 0 Å². The molecule has 0 radical (unpaired) electrons. The van der Waals surface area contributed by atoms with Crippen LogP contribution in [0.2, 0.25) is 0 Å². The van der Waals surface area contributed by atoms with Crippen molar-refractivity contribution in [3.05, 3.63) is 46.8 Å². The van der Waals surface area contributed by atoms with E-state index in [1.807, 2.05) is 11.9 Å². The molecule has 1 aliphatic rings. The van der Waals surface area contributed by atoms with Crippen LogP contribution in [0.3, 0.4) is 0 Å². The number of hydrogen-bond acceptors (Lipinski definition) is 7. The monoisotopic (exact) mass is 479 g/mol. The second-order valence-electron chi connectivity index (χ2n) is 8.07. The number of benzene rings is 1. The van der Waals surface area contributed by atoms with Gasteiger partial charge >= 0.3 is 12.1 Å². The van der Waals surface area contributed by atoms with Crippen LogP contribution in [0.5, 0.6) is 0 Å². The van der Waals surface area contributed by atoms with Gasteiger partial charge in [-0.15, -0.1) is 11.3 Å². The van der Waals surface area contributed by atoms with Crippen molar-refractivity contribution in [2.75, 3.05) is 25.0 Å². The van der Waals surface area contributed by atoms with Crippen LogP contribution in [0.4, 0.5) is 18.3 Å². The van der Waals surface area contributed by atoms with Gasteiger partial charge in [0.1, 0.15) is 0 Å². The molecule has 1 aromatic carbocycles. The van der Waals surface area contributed by atoms with E-state index in [9.17, 15) is 18.0 Å². The lowest BCUT2D eigenvalue weighted by molar-refractivity contribution is -0.159. The molecule has 2 heterocycles. The molecule has 0 aliphatic heterocycles. The van der Waals surface area contributed by atoms with Crippen LogP contribution in [-0.2, 0) is 6.18 Å². The first-order valence-electron chi connectivity index (χ1n) is 10.8. The maximum absolute atomic E-state index is 12.7. The molecule has 2 aromatic heterocycles. The number of aromatic nitrogens is 3. The van der Waals surface area contributed by atoms with Crippen LogP contribution in [0.1, 0.15) is 60.0 Å². The highest BCUT2D eigenvalue weighted by molar-refractivity contribution is 7.13. The van der Waals surface area contributed by atoms with Gasteiger partial charge in [-0.3, -0.25) is 4.79 Å². The standard InChI is InChI=1S/C22H24F3N5O2S/c1-30(21-27-17(13-33-21)14-6-3-2-4-7-14)11-10-26-19(31)16-9-5-8-15(12-16)18-28-20(32-29-18)22(23,24)25/h5,8-9,12-14H,2-4,6-7,10-11H2,1H3,(H,26,31). The number of rotatable bonds is 7. The fraction of sp³-hybridized carbons (Fsp3) is 0.455. The minimum absolute atomic E-state index is 0.228. The summed E-state index contributed by atoms with van der Waals surface area (Å²) in [5.41, 5.74) is 1.72. The first-order chi connectivity index (χ1) is 15.8. The molecule has 1 aliphatic carbocycles. The summed E-state index contributed by atoms with van der Waals surface area (Å²) in [6, 6.07) is 6.08. The number of likely N-dealkylation sites (N-methyl/N-ethyl adjacent to an activating group) is 1. The van der Waals surface area contributed by atoms with Gasteiger partial charge in [-0.25, -0.2) is 4.98 Å². The first-order valence-corrected chi connectivity index (χ1v) is 11.7. The Balaban J connectivity index is 1.31. The largest absolute Gasteiger partial charge is 0.471 e. The molecule has 1 N–H and O–H groups in total. The molecule has 176 valence electrons. The van der Waals surface area contributed by atoms with Crippen molar-refractivity contribution in [1.82, 2.24) is 20.4 Å². The zero-order valence-corrected chi connectivity index (χ0v) is 18.9. The van der Waals surface area contributed by atoms with Crippen molar-refractivity contribution in [2.24, 2.45) is 0 Å². The number of carbonyl (C=O) groups is 1. The third-order valence-electron chi connectivity index (χ3n) is 5.64. The van der Waals surface area contributed by atoms with Crippen LogP contribution >= 0.6 is 11.3 Å². The molecular formula is C22H24F3N5O2S. The Labute approximate surface area is 193 Å². The lowest BCUT2D eigenvalue weighted by Crippen LogP contribution is -2.33. The van der Waals surface area contributed by atoms with Gasteiger partial charge in [0, 0.05) is 42.6 Å². The third-order valence-corrected chi connectivity index (χ3v) is 6.62. The van der Waals surface area contributed by atoms with Crippen molar-refractivity contribution >= 4 is 22.4 Å². The van der Waals surface area contributed by atoms with E-state index in [1.165, 1.54) is 44.2 Å². The minimum Gasteiger partial charge on any atom is -0.350 e. The van der Waals surface area contributed by atoms with Crippen LogP contribution < -0.4 is 10.2 Å². The van der Waals surface area contributed by atoms with E-state index in [0.717, 1.165) is 10.8 Å². The number of carbonyl (C=O) groups excluding carboxylic acids is 1. The number of halogens is 3. The highest BCUT2D eigenvalue weighted by atomic mass is 32.1. The molecule has 3 aromatic rings. The minimum atomic E-state index is -4.72. The Morgan fingerprint density at radius 3 is 2.76 bits per heavy atom. The molecule has 0 atom stereocenters. The normalized spacial score (nSPS) is 14.9. The number of nitrogens with one attached hydrogen (secondary N) is 1. The maximum atomic E-state index is 12.7. The lowest BCUT2D eigenvalue weighted by atomic mass is 9.87. The van der Waals surface area contributed by atoms with Gasteiger partial charge in [0.25, 0.3) is 5.91 Å². The van der Waals surface area contributed by atoms with Gasteiger partial charge < -0.3 is 14.7 Å². The number of alkyl halides is 3. The van der Waals surface area contributed by atoms with Crippen molar-refractivity contribution in [3.8, 4) is 11.4 Å². The lowest BCUT2D eigenvalue weighted by Gasteiger charge is -2.20. The summed E-state index contributed by atoms with van der Waals surface area (Å²) in [7, 11) is 1.94. The summed E-state index contributed by atoms with van der Waals surface area (Å²) < 4.78 is 42.3. The Morgan fingerprint density at radius 1 is 1.24 bits per heavy atom. The van der Waals surface area contributed by atoms with E-state index in [2.05, 4.69) is 25.4 Å². The number of nitrogens with zero attached hydrogens (tertiary/aromatic N) is 4. The molecule has 0 spiro atoms. The molecule has 4 rings (SSSR count). The topological polar surface area (TPSA) is 84.2 Å². The van der Waals surface area contributed by atoms with Gasteiger partial charge in [0.05, 0.1) is 5.69 Å². The van der Waals surface area contributed by atoms with Crippen LogP contribution in [0, 0.1) is 0 Å². The van der Waals surface area contributed by atoms with E-state index < -0.39 is 12.1 Å². The van der Waals surface area contributed by atoms with Crippen LogP contribution in [0.15, 0.2) is 34.2 Å². The average molecular weight is 480 g/mol. The predicted molar refractivity (Wildman–Crippen MR) is 118 cm³/mol. The third kappa shape index (κ3) is 5.70. The first kappa shape index (κ1) is 23.2. The molecule has 0 unspecified atom stereocenters. The van der Waals surface area contributed by atoms with E-state index in [-0.39, 0.29) is 17.3 Å². The highest BCUT2D eigenvalue weighted by Crippen LogP contribution is 2.34. The fourth-order valence-electron chi connectivity index (χ4n) is 3.83. The Hall–Kier alpha value is -2.95.